The molecule has 3 amide bonds. The Balaban J connectivity index is 3.38. The van der Waals surface area contributed by atoms with Crippen molar-refractivity contribution in [2.75, 3.05) is 13.2 Å². The first-order chi connectivity index (χ1) is 19.7. The molecule has 0 aromatic carbocycles. The van der Waals surface area contributed by atoms with Crippen LogP contribution in [0.3, 0.4) is 0 Å². The van der Waals surface area contributed by atoms with Gasteiger partial charge in [0, 0.05) is 13.0 Å². The van der Waals surface area contributed by atoms with E-state index in [1.165, 1.54) is 4.90 Å². The summed E-state index contributed by atoms with van der Waals surface area (Å²) in [5, 5.41) is 5.57. The number of likely N-dealkylation sites (tertiary alicyclic amines) is 1. The molecular weight excluding hydrogens is 566 g/mol. The number of unbranched alkanes of at least 4 members (excludes halogenated alkanes) is 3. The maximum absolute atomic E-state index is 14.2. The number of nitrogens with zero attached hydrogens (tertiary/aromatic N) is 1. The van der Waals surface area contributed by atoms with E-state index in [1.807, 2.05) is 6.08 Å². The van der Waals surface area contributed by atoms with E-state index in [4.69, 9.17) is 13.9 Å². The highest BCUT2D eigenvalue weighted by Crippen LogP contribution is 2.39. The number of alkyl carbamates (subject to hydrolysis) is 1. The van der Waals surface area contributed by atoms with Crippen molar-refractivity contribution >= 4 is 32.2 Å². The molecule has 1 aliphatic heterocycles. The Morgan fingerprint density at radius 3 is 2.16 bits per heavy atom. The van der Waals surface area contributed by atoms with Crippen LogP contribution in [0.15, 0.2) is 12.7 Å². The normalized spacial score (nSPS) is 19.7. The molecule has 0 radical (unpaired) electrons. The van der Waals surface area contributed by atoms with Gasteiger partial charge in [-0.3, -0.25) is 9.59 Å². The summed E-state index contributed by atoms with van der Waals surface area (Å²) in [5.41, 5.74) is -1.99. The number of esters is 1. The summed E-state index contributed by atoms with van der Waals surface area (Å²) in [7, 11) is -2.24. The summed E-state index contributed by atoms with van der Waals surface area (Å²) >= 11 is 0. The number of hydrogen-bond donors (Lipinski definition) is 2. The number of rotatable bonds is 15. The molecule has 0 saturated carbocycles. The van der Waals surface area contributed by atoms with Crippen LogP contribution in [-0.2, 0) is 28.3 Å². The molecular formula is C32H59N3O7Si. The van der Waals surface area contributed by atoms with E-state index < -0.39 is 49.5 Å². The van der Waals surface area contributed by atoms with Gasteiger partial charge in [-0.25, -0.2) is 9.59 Å². The average Bonchev–Trinajstić information content (AvgIpc) is 3.29. The number of amides is 3. The molecule has 1 fully saturated rings. The van der Waals surface area contributed by atoms with Gasteiger partial charge >= 0.3 is 12.1 Å². The molecule has 0 unspecified atom stereocenters. The van der Waals surface area contributed by atoms with Crippen LogP contribution in [0.4, 0.5) is 4.79 Å². The molecule has 1 rings (SSSR count). The predicted molar refractivity (Wildman–Crippen MR) is 172 cm³/mol. The van der Waals surface area contributed by atoms with E-state index in [0.29, 0.717) is 19.3 Å². The Morgan fingerprint density at radius 1 is 1.02 bits per heavy atom. The first-order valence-electron chi connectivity index (χ1n) is 15.8. The maximum atomic E-state index is 14.2. The summed E-state index contributed by atoms with van der Waals surface area (Å²) in [6, 6.07) is -1.77. The monoisotopic (exact) mass is 625 g/mol. The van der Waals surface area contributed by atoms with Gasteiger partial charge in [-0.05, 0) is 78.4 Å². The molecule has 0 aliphatic carbocycles. The fourth-order valence-corrected chi connectivity index (χ4v) is 5.98. The quantitative estimate of drug-likeness (QED) is 0.101. The van der Waals surface area contributed by atoms with Crippen molar-refractivity contribution in [1.29, 1.82) is 0 Å². The first kappa shape index (κ1) is 38.6. The fraction of sp³-hybridized carbons (Fsp3) is 0.812. The van der Waals surface area contributed by atoms with Gasteiger partial charge in [0.15, 0.2) is 8.32 Å². The molecule has 248 valence electrons. The lowest BCUT2D eigenvalue weighted by Gasteiger charge is -2.38. The highest BCUT2D eigenvalue weighted by molar-refractivity contribution is 6.74. The molecule has 2 N–H and O–H groups in total. The van der Waals surface area contributed by atoms with Crippen LogP contribution in [0.5, 0.6) is 0 Å². The Hall–Kier alpha value is -2.40. The van der Waals surface area contributed by atoms with Crippen LogP contribution >= 0.6 is 0 Å². The molecule has 1 saturated heterocycles. The van der Waals surface area contributed by atoms with E-state index in [0.717, 1.165) is 19.3 Å². The molecule has 10 nitrogen and oxygen atoms in total. The lowest BCUT2D eigenvalue weighted by atomic mass is 9.98. The summed E-state index contributed by atoms with van der Waals surface area (Å²) < 4.78 is 17.4. The molecule has 11 heteroatoms. The molecule has 1 heterocycles. The second-order valence-corrected chi connectivity index (χ2v) is 19.0. The predicted octanol–water partition coefficient (Wildman–Crippen LogP) is 5.86. The Bertz CT molecular complexity index is 973. The average molecular weight is 626 g/mol. The zero-order valence-electron chi connectivity index (χ0n) is 28.7. The van der Waals surface area contributed by atoms with E-state index in [2.05, 4.69) is 51.1 Å². The van der Waals surface area contributed by atoms with Crippen LogP contribution in [0.25, 0.3) is 0 Å². The molecule has 43 heavy (non-hydrogen) atoms. The number of hydrogen-bond acceptors (Lipinski definition) is 7. The lowest BCUT2D eigenvalue weighted by Crippen LogP contribution is -2.59. The van der Waals surface area contributed by atoms with E-state index >= 15 is 0 Å². The Labute approximate surface area is 261 Å². The molecule has 0 aromatic heterocycles. The summed E-state index contributed by atoms with van der Waals surface area (Å²) in [6.45, 7) is 25.3. The highest BCUT2D eigenvalue weighted by Gasteiger charge is 2.48. The highest BCUT2D eigenvalue weighted by atomic mass is 28.4. The topological polar surface area (TPSA) is 123 Å². The van der Waals surface area contributed by atoms with Gasteiger partial charge in [-0.1, -0.05) is 46.6 Å². The number of nitrogens with one attached hydrogen (secondary N) is 2. The number of carbonyl (C=O) groups is 4. The van der Waals surface area contributed by atoms with E-state index in [-0.39, 0.29) is 36.6 Å². The van der Waals surface area contributed by atoms with Crippen LogP contribution < -0.4 is 10.6 Å². The minimum atomic E-state index is -2.24. The maximum Gasteiger partial charge on any atom is 0.408 e. The summed E-state index contributed by atoms with van der Waals surface area (Å²) in [6.07, 6.45) is 5.15. The second kappa shape index (κ2) is 16.1. The number of ether oxygens (including phenoxy) is 2. The molecule has 0 bridgehead atoms. The molecule has 0 aromatic rings. The van der Waals surface area contributed by atoms with E-state index in [9.17, 15) is 19.2 Å². The van der Waals surface area contributed by atoms with Gasteiger partial charge in [-0.15, -0.1) is 6.58 Å². The minimum absolute atomic E-state index is 0.0703. The van der Waals surface area contributed by atoms with Gasteiger partial charge in [0.05, 0.1) is 12.7 Å². The van der Waals surface area contributed by atoms with Crippen LogP contribution in [-0.4, -0.2) is 79.6 Å². The smallest absolute Gasteiger partial charge is 0.408 e. The SMILES string of the molecule is C=CCCCCC[C@H](NC(=O)OC(C)(C)C)C(=O)N1C[C@H](O[Si](C)(C)C(C)(C)C)C[C@H]1C(=O)N[C@@](C)(CC)C(=O)OCC. The fourth-order valence-electron chi connectivity index (χ4n) is 4.62. The summed E-state index contributed by atoms with van der Waals surface area (Å²) in [5.74, 6) is -1.35. The Kier molecular flexibility index (Phi) is 14.4. The zero-order valence-corrected chi connectivity index (χ0v) is 29.7. The lowest BCUT2D eigenvalue weighted by molar-refractivity contribution is -0.153. The third-order valence-electron chi connectivity index (χ3n) is 8.34. The largest absolute Gasteiger partial charge is 0.464 e. The Morgan fingerprint density at radius 2 is 1.65 bits per heavy atom. The van der Waals surface area contributed by atoms with Crippen molar-refractivity contribution in [2.24, 2.45) is 0 Å². The van der Waals surface area contributed by atoms with Gasteiger partial charge in [0.2, 0.25) is 11.8 Å². The number of carbonyl (C=O) groups excluding carboxylic acids is 4. The third kappa shape index (κ3) is 11.9. The van der Waals surface area contributed by atoms with Crippen LogP contribution in [0, 0.1) is 0 Å². The molecule has 0 spiro atoms. The minimum Gasteiger partial charge on any atom is -0.464 e. The number of allylic oxidation sites excluding steroid dienone is 1. The van der Waals surface area contributed by atoms with Gasteiger partial charge < -0.3 is 29.4 Å². The zero-order chi connectivity index (χ0) is 33.2. The van der Waals surface area contributed by atoms with Gasteiger partial charge in [0.1, 0.15) is 23.2 Å². The summed E-state index contributed by atoms with van der Waals surface area (Å²) in [4.78, 5) is 55.1. The van der Waals surface area contributed by atoms with Crippen molar-refractivity contribution in [3.05, 3.63) is 12.7 Å². The van der Waals surface area contributed by atoms with Crippen molar-refractivity contribution in [1.82, 2.24) is 15.5 Å². The van der Waals surface area contributed by atoms with Crippen molar-refractivity contribution in [3.8, 4) is 0 Å². The van der Waals surface area contributed by atoms with Gasteiger partial charge in [-0.2, -0.15) is 0 Å². The van der Waals surface area contributed by atoms with E-state index in [1.54, 1.807) is 41.5 Å². The van der Waals surface area contributed by atoms with Gasteiger partial charge in [0.25, 0.3) is 0 Å². The van der Waals surface area contributed by atoms with Crippen LogP contribution in [0.2, 0.25) is 18.1 Å². The second-order valence-electron chi connectivity index (χ2n) is 14.3. The first-order valence-corrected chi connectivity index (χ1v) is 18.7. The van der Waals surface area contributed by atoms with Crippen molar-refractivity contribution in [3.63, 3.8) is 0 Å². The molecule has 1 aliphatic rings. The van der Waals surface area contributed by atoms with Crippen molar-refractivity contribution < 1.29 is 33.1 Å². The standard InChI is InChI=1S/C32H59N3O7Si/c1-13-16-17-18-19-20-24(33-29(39)41-30(4,5)6)27(37)35-22-23(42-43(11,12)31(7,8)9)21-25(35)26(36)34-32(10,14-2)28(38)40-15-3/h13,23-25H,1,14-22H2,2-12H3,(H,33,39)(H,34,36)/t23-,24+,25+,32+/m1/s1. The van der Waals surface area contributed by atoms with Crippen molar-refractivity contribution in [2.45, 2.75) is 155 Å². The third-order valence-corrected chi connectivity index (χ3v) is 12.9. The van der Waals surface area contributed by atoms with Crippen LogP contribution in [0.1, 0.15) is 107 Å². The molecule has 4 atom stereocenters.